The molecule has 2 aromatic carbocycles. The zero-order chi connectivity index (χ0) is 16.1. The summed E-state index contributed by atoms with van der Waals surface area (Å²) in [6.45, 7) is 1.07. The molecule has 23 heavy (non-hydrogen) atoms. The summed E-state index contributed by atoms with van der Waals surface area (Å²) in [5, 5.41) is 14.1. The van der Waals surface area contributed by atoms with Gasteiger partial charge >= 0.3 is 0 Å². The standard InChI is InChI=1S/C19H22ClNO2/c20-15-9-10-18(17(22)12-15)23-19(14-6-2-1-3-7-14)13-16-8-4-5-11-21-16/h1-3,6-7,9-10,12,16,19,21-22H,4-5,8,11,13H2. The third-order valence-electron chi connectivity index (χ3n) is 4.27. The first kappa shape index (κ1) is 16.2. The fraction of sp³-hybridized carbons (Fsp3) is 0.368. The Balaban J connectivity index is 1.79. The first-order chi connectivity index (χ1) is 11.2. The molecule has 1 saturated heterocycles. The number of ether oxygens (including phenoxy) is 1. The highest BCUT2D eigenvalue weighted by molar-refractivity contribution is 6.30. The molecule has 3 rings (SSSR count). The maximum absolute atomic E-state index is 10.1. The second-order valence-corrected chi connectivity index (χ2v) is 6.45. The van der Waals surface area contributed by atoms with Gasteiger partial charge in [0.05, 0.1) is 0 Å². The van der Waals surface area contributed by atoms with Gasteiger partial charge in [-0.15, -0.1) is 0 Å². The Labute approximate surface area is 142 Å². The summed E-state index contributed by atoms with van der Waals surface area (Å²) in [5.41, 5.74) is 1.12. The van der Waals surface area contributed by atoms with E-state index < -0.39 is 0 Å². The lowest BCUT2D eigenvalue weighted by molar-refractivity contribution is 0.163. The molecule has 2 aromatic rings. The Bertz CT molecular complexity index is 627. The molecule has 0 aliphatic carbocycles. The van der Waals surface area contributed by atoms with Gasteiger partial charge < -0.3 is 15.2 Å². The molecular weight excluding hydrogens is 310 g/mol. The van der Waals surface area contributed by atoms with E-state index in [1.807, 2.05) is 18.2 Å². The number of halogens is 1. The number of benzene rings is 2. The highest BCUT2D eigenvalue weighted by Gasteiger charge is 2.22. The van der Waals surface area contributed by atoms with E-state index in [0.29, 0.717) is 16.8 Å². The van der Waals surface area contributed by atoms with Gasteiger partial charge in [0, 0.05) is 23.6 Å². The number of phenols is 1. The van der Waals surface area contributed by atoms with E-state index >= 15 is 0 Å². The second kappa shape index (κ2) is 7.71. The molecule has 4 heteroatoms. The van der Waals surface area contributed by atoms with Crippen LogP contribution >= 0.6 is 11.6 Å². The molecule has 0 bridgehead atoms. The Morgan fingerprint density at radius 2 is 2.00 bits per heavy atom. The Kier molecular flexibility index (Phi) is 5.42. The van der Waals surface area contributed by atoms with E-state index in [1.165, 1.54) is 25.3 Å². The quantitative estimate of drug-likeness (QED) is 0.834. The van der Waals surface area contributed by atoms with E-state index in [9.17, 15) is 5.11 Å². The van der Waals surface area contributed by atoms with Gasteiger partial charge in [-0.25, -0.2) is 0 Å². The van der Waals surface area contributed by atoms with Crippen LogP contribution in [-0.4, -0.2) is 17.7 Å². The highest BCUT2D eigenvalue weighted by Crippen LogP contribution is 2.34. The fourth-order valence-corrected chi connectivity index (χ4v) is 3.21. The molecule has 3 nitrogen and oxygen atoms in total. The Hall–Kier alpha value is -1.71. The van der Waals surface area contributed by atoms with Crippen LogP contribution in [0, 0.1) is 0 Å². The van der Waals surface area contributed by atoms with E-state index in [-0.39, 0.29) is 11.9 Å². The summed E-state index contributed by atoms with van der Waals surface area (Å²) in [4.78, 5) is 0. The van der Waals surface area contributed by atoms with Crippen molar-refractivity contribution in [3.63, 3.8) is 0 Å². The van der Waals surface area contributed by atoms with Crippen LogP contribution in [0.2, 0.25) is 5.02 Å². The first-order valence-electron chi connectivity index (χ1n) is 8.16. The topological polar surface area (TPSA) is 41.5 Å². The van der Waals surface area contributed by atoms with Gasteiger partial charge in [0.15, 0.2) is 11.5 Å². The normalized spacial score (nSPS) is 19.3. The summed E-state index contributed by atoms with van der Waals surface area (Å²) >= 11 is 5.90. The molecule has 2 unspecified atom stereocenters. The SMILES string of the molecule is Oc1cc(Cl)ccc1OC(CC1CCCCN1)c1ccccc1. The average Bonchev–Trinajstić information content (AvgIpc) is 2.58. The molecule has 122 valence electrons. The Morgan fingerprint density at radius 3 is 2.70 bits per heavy atom. The van der Waals surface area contributed by atoms with Crippen LogP contribution in [-0.2, 0) is 0 Å². The number of phenolic OH excluding ortho intramolecular Hbond substituents is 1. The summed E-state index contributed by atoms with van der Waals surface area (Å²) in [7, 11) is 0. The zero-order valence-electron chi connectivity index (χ0n) is 13.0. The van der Waals surface area contributed by atoms with E-state index in [2.05, 4.69) is 17.4 Å². The lowest BCUT2D eigenvalue weighted by atomic mass is 9.96. The molecule has 2 atom stereocenters. The summed E-state index contributed by atoms with van der Waals surface area (Å²) in [6.07, 6.45) is 4.45. The summed E-state index contributed by atoms with van der Waals surface area (Å²) in [6, 6.07) is 15.6. The van der Waals surface area contributed by atoms with Crippen molar-refractivity contribution in [1.82, 2.24) is 5.32 Å². The number of rotatable bonds is 5. The van der Waals surface area contributed by atoms with Crippen LogP contribution < -0.4 is 10.1 Å². The summed E-state index contributed by atoms with van der Waals surface area (Å²) < 4.78 is 6.14. The molecule has 0 spiro atoms. The van der Waals surface area contributed by atoms with Gasteiger partial charge in [-0.2, -0.15) is 0 Å². The van der Waals surface area contributed by atoms with Crippen molar-refractivity contribution in [2.24, 2.45) is 0 Å². The van der Waals surface area contributed by atoms with Crippen molar-refractivity contribution in [3.8, 4) is 11.5 Å². The Morgan fingerprint density at radius 1 is 1.17 bits per heavy atom. The molecule has 0 radical (unpaired) electrons. The van der Waals surface area contributed by atoms with Crippen molar-refractivity contribution < 1.29 is 9.84 Å². The van der Waals surface area contributed by atoms with Crippen LogP contribution in [0.25, 0.3) is 0 Å². The van der Waals surface area contributed by atoms with Crippen molar-refractivity contribution in [2.45, 2.75) is 37.8 Å². The third-order valence-corrected chi connectivity index (χ3v) is 4.51. The van der Waals surface area contributed by atoms with E-state index in [0.717, 1.165) is 18.5 Å². The average molecular weight is 332 g/mol. The van der Waals surface area contributed by atoms with Gasteiger partial charge in [-0.1, -0.05) is 48.4 Å². The molecule has 0 amide bonds. The molecule has 1 aliphatic heterocycles. The predicted octanol–water partition coefficient (Wildman–Crippen LogP) is 4.70. The van der Waals surface area contributed by atoms with Crippen LogP contribution in [0.5, 0.6) is 11.5 Å². The second-order valence-electron chi connectivity index (χ2n) is 6.01. The van der Waals surface area contributed by atoms with Crippen LogP contribution in [0.15, 0.2) is 48.5 Å². The molecular formula is C19H22ClNO2. The maximum atomic E-state index is 10.1. The lowest BCUT2D eigenvalue weighted by Crippen LogP contribution is -2.36. The minimum atomic E-state index is -0.0983. The van der Waals surface area contributed by atoms with Gasteiger partial charge in [-0.05, 0) is 37.1 Å². The van der Waals surface area contributed by atoms with Crippen LogP contribution in [0.1, 0.15) is 37.4 Å². The van der Waals surface area contributed by atoms with Gasteiger partial charge in [0.1, 0.15) is 6.10 Å². The predicted molar refractivity (Wildman–Crippen MR) is 93.2 cm³/mol. The number of hydrogen-bond donors (Lipinski definition) is 2. The third kappa shape index (κ3) is 4.40. The fourth-order valence-electron chi connectivity index (χ4n) is 3.05. The molecule has 0 aromatic heterocycles. The molecule has 1 aliphatic rings. The van der Waals surface area contributed by atoms with Gasteiger partial charge in [0.25, 0.3) is 0 Å². The molecule has 0 saturated carbocycles. The minimum Gasteiger partial charge on any atom is -0.504 e. The van der Waals surface area contributed by atoms with Gasteiger partial charge in [-0.3, -0.25) is 0 Å². The highest BCUT2D eigenvalue weighted by atomic mass is 35.5. The molecule has 2 N–H and O–H groups in total. The minimum absolute atomic E-state index is 0.0787. The number of aromatic hydroxyl groups is 1. The number of nitrogens with one attached hydrogen (secondary N) is 1. The van der Waals surface area contributed by atoms with Crippen molar-refractivity contribution >= 4 is 11.6 Å². The van der Waals surface area contributed by atoms with Crippen molar-refractivity contribution in [2.75, 3.05) is 6.54 Å². The van der Waals surface area contributed by atoms with Crippen LogP contribution in [0.3, 0.4) is 0 Å². The number of hydrogen-bond acceptors (Lipinski definition) is 3. The largest absolute Gasteiger partial charge is 0.504 e. The smallest absolute Gasteiger partial charge is 0.161 e. The van der Waals surface area contributed by atoms with Crippen molar-refractivity contribution in [3.05, 3.63) is 59.1 Å². The lowest BCUT2D eigenvalue weighted by Gasteiger charge is -2.28. The van der Waals surface area contributed by atoms with Crippen LogP contribution in [0.4, 0.5) is 0 Å². The monoisotopic (exact) mass is 331 g/mol. The zero-order valence-corrected chi connectivity index (χ0v) is 13.8. The first-order valence-corrected chi connectivity index (χ1v) is 8.53. The van der Waals surface area contributed by atoms with Crippen molar-refractivity contribution in [1.29, 1.82) is 0 Å². The number of piperidine rings is 1. The summed E-state index contributed by atoms with van der Waals surface area (Å²) in [5.74, 6) is 0.550. The van der Waals surface area contributed by atoms with E-state index in [4.69, 9.17) is 16.3 Å². The molecule has 1 fully saturated rings. The maximum Gasteiger partial charge on any atom is 0.161 e. The molecule has 1 heterocycles. The van der Waals surface area contributed by atoms with Gasteiger partial charge in [0.2, 0.25) is 0 Å². The van der Waals surface area contributed by atoms with E-state index in [1.54, 1.807) is 12.1 Å².